The highest BCUT2D eigenvalue weighted by atomic mass is 35.5. The fourth-order valence-corrected chi connectivity index (χ4v) is 1.88. The molecule has 0 unspecified atom stereocenters. The number of hydrogen-bond acceptors (Lipinski definition) is 5. The molecule has 0 saturated heterocycles. The van der Waals surface area contributed by atoms with Crippen molar-refractivity contribution >= 4 is 29.0 Å². The van der Waals surface area contributed by atoms with E-state index in [0.29, 0.717) is 22.3 Å². The molecule has 2 N–H and O–H groups in total. The molecule has 1 aromatic heterocycles. The van der Waals surface area contributed by atoms with Crippen molar-refractivity contribution < 1.29 is 9.53 Å². The second-order valence-corrected chi connectivity index (χ2v) is 4.76. The molecular formula is C16H13ClN4O2. The van der Waals surface area contributed by atoms with Crippen molar-refractivity contribution in [3.05, 3.63) is 59.4 Å². The van der Waals surface area contributed by atoms with Gasteiger partial charge in [0.25, 0.3) is 5.91 Å². The van der Waals surface area contributed by atoms with Crippen molar-refractivity contribution in [2.45, 2.75) is 0 Å². The maximum absolute atomic E-state index is 12.2. The van der Waals surface area contributed by atoms with Crippen LogP contribution in [0.3, 0.4) is 0 Å². The fourth-order valence-electron chi connectivity index (χ4n) is 1.71. The van der Waals surface area contributed by atoms with E-state index in [4.69, 9.17) is 21.6 Å². The number of carbonyl (C=O) groups is 1. The third-order valence-electron chi connectivity index (χ3n) is 2.80. The van der Waals surface area contributed by atoms with Crippen molar-refractivity contribution in [1.29, 1.82) is 5.26 Å². The third-order valence-corrected chi connectivity index (χ3v) is 3.04. The third kappa shape index (κ3) is 4.46. The summed E-state index contributed by atoms with van der Waals surface area (Å²) < 4.78 is 5.14. The van der Waals surface area contributed by atoms with E-state index in [1.165, 1.54) is 13.3 Å². The predicted molar refractivity (Wildman–Crippen MR) is 88.2 cm³/mol. The molecule has 0 aliphatic carbocycles. The van der Waals surface area contributed by atoms with E-state index in [-0.39, 0.29) is 5.57 Å². The number of nitriles is 1. The molecule has 116 valence electrons. The molecule has 0 aliphatic rings. The minimum atomic E-state index is -0.587. The van der Waals surface area contributed by atoms with Crippen LogP contribution in [0.5, 0.6) is 5.75 Å². The van der Waals surface area contributed by atoms with E-state index in [9.17, 15) is 4.79 Å². The predicted octanol–water partition coefficient (Wildman–Crippen LogP) is 3.20. The molecule has 23 heavy (non-hydrogen) atoms. The van der Waals surface area contributed by atoms with E-state index in [1.807, 2.05) is 6.07 Å². The van der Waals surface area contributed by atoms with Gasteiger partial charge in [-0.15, -0.1) is 0 Å². The molecule has 0 bridgehead atoms. The Morgan fingerprint density at radius 2 is 2.22 bits per heavy atom. The first-order valence-electron chi connectivity index (χ1n) is 6.56. The molecule has 2 rings (SSSR count). The highest BCUT2D eigenvalue weighted by Crippen LogP contribution is 2.27. The quantitative estimate of drug-likeness (QED) is 0.650. The van der Waals surface area contributed by atoms with Crippen LogP contribution in [-0.4, -0.2) is 18.0 Å². The Morgan fingerprint density at radius 3 is 2.87 bits per heavy atom. The van der Waals surface area contributed by atoms with Gasteiger partial charge < -0.3 is 15.4 Å². The summed E-state index contributed by atoms with van der Waals surface area (Å²) in [4.78, 5) is 16.2. The first-order chi connectivity index (χ1) is 11.1. The molecule has 6 nitrogen and oxygen atoms in total. The molecule has 7 heteroatoms. The van der Waals surface area contributed by atoms with Crippen LogP contribution in [-0.2, 0) is 4.79 Å². The van der Waals surface area contributed by atoms with Crippen molar-refractivity contribution in [3.8, 4) is 11.8 Å². The Balaban J connectivity index is 2.15. The second-order valence-electron chi connectivity index (χ2n) is 4.33. The highest BCUT2D eigenvalue weighted by Gasteiger charge is 2.12. The van der Waals surface area contributed by atoms with Crippen LogP contribution in [0.2, 0.25) is 5.02 Å². The van der Waals surface area contributed by atoms with Crippen LogP contribution in [0.1, 0.15) is 0 Å². The zero-order valence-corrected chi connectivity index (χ0v) is 13.0. The van der Waals surface area contributed by atoms with Crippen LogP contribution < -0.4 is 15.4 Å². The second kappa shape index (κ2) is 7.82. The molecule has 1 amide bonds. The van der Waals surface area contributed by atoms with Gasteiger partial charge in [0.1, 0.15) is 23.2 Å². The molecular weight excluding hydrogens is 316 g/mol. The van der Waals surface area contributed by atoms with Gasteiger partial charge in [-0.2, -0.15) is 5.26 Å². The van der Waals surface area contributed by atoms with Gasteiger partial charge in [0.15, 0.2) is 0 Å². The monoisotopic (exact) mass is 328 g/mol. The Labute approximate surface area is 138 Å². The standard InChI is InChI=1S/C16H13ClN4O2/c1-23-14-6-5-12(17)8-13(14)21-16(22)11(9-18)10-20-15-4-2-3-7-19-15/h2-8,10H,1H3,(H,19,20)(H,21,22)/b11-10-. The highest BCUT2D eigenvalue weighted by molar-refractivity contribution is 6.31. The van der Waals surface area contributed by atoms with Crippen LogP contribution in [0.25, 0.3) is 0 Å². The van der Waals surface area contributed by atoms with Gasteiger partial charge in [0, 0.05) is 17.4 Å². The Morgan fingerprint density at radius 1 is 1.39 bits per heavy atom. The summed E-state index contributed by atoms with van der Waals surface area (Å²) in [6.07, 6.45) is 2.88. The van der Waals surface area contributed by atoms with Gasteiger partial charge in [-0.05, 0) is 30.3 Å². The maximum Gasteiger partial charge on any atom is 0.267 e. The van der Waals surface area contributed by atoms with Gasteiger partial charge in [-0.25, -0.2) is 4.98 Å². The zero-order chi connectivity index (χ0) is 16.7. The summed E-state index contributed by atoms with van der Waals surface area (Å²) in [5, 5.41) is 15.0. The minimum Gasteiger partial charge on any atom is -0.495 e. The van der Waals surface area contributed by atoms with Crippen LogP contribution in [0.4, 0.5) is 11.5 Å². The summed E-state index contributed by atoms with van der Waals surface area (Å²) in [7, 11) is 1.47. The first-order valence-corrected chi connectivity index (χ1v) is 6.94. The smallest absolute Gasteiger partial charge is 0.267 e. The molecule has 0 atom stereocenters. The maximum atomic E-state index is 12.2. The lowest BCUT2D eigenvalue weighted by Gasteiger charge is -2.10. The number of ether oxygens (including phenoxy) is 1. The number of rotatable bonds is 5. The number of nitrogens with one attached hydrogen (secondary N) is 2. The molecule has 0 spiro atoms. The van der Waals surface area contributed by atoms with E-state index >= 15 is 0 Å². The minimum absolute atomic E-state index is 0.113. The number of halogens is 1. The van der Waals surface area contributed by atoms with Gasteiger partial charge in [-0.3, -0.25) is 4.79 Å². The average Bonchev–Trinajstić information content (AvgIpc) is 2.56. The number of anilines is 2. The number of nitrogens with zero attached hydrogens (tertiary/aromatic N) is 2. The normalized spacial score (nSPS) is 10.6. The lowest BCUT2D eigenvalue weighted by molar-refractivity contribution is -0.112. The Hall–Kier alpha value is -3.04. The molecule has 0 radical (unpaired) electrons. The van der Waals surface area contributed by atoms with Crippen LogP contribution in [0.15, 0.2) is 54.4 Å². The van der Waals surface area contributed by atoms with E-state index in [1.54, 1.807) is 42.6 Å². The number of benzene rings is 1. The summed E-state index contributed by atoms with van der Waals surface area (Å²) in [5.41, 5.74) is 0.265. The molecule has 1 heterocycles. The van der Waals surface area contributed by atoms with Gasteiger partial charge in [0.2, 0.25) is 0 Å². The zero-order valence-electron chi connectivity index (χ0n) is 12.2. The van der Waals surface area contributed by atoms with Crippen LogP contribution >= 0.6 is 11.6 Å². The van der Waals surface area contributed by atoms with Gasteiger partial charge in [0.05, 0.1) is 12.8 Å². The number of aromatic nitrogens is 1. The largest absolute Gasteiger partial charge is 0.495 e. The number of methoxy groups -OCH3 is 1. The number of amides is 1. The summed E-state index contributed by atoms with van der Waals surface area (Å²) >= 11 is 5.90. The molecule has 0 saturated carbocycles. The average molecular weight is 329 g/mol. The first kappa shape index (κ1) is 16.3. The SMILES string of the molecule is COc1ccc(Cl)cc1NC(=O)/C(C#N)=C\Nc1ccccn1. The van der Waals surface area contributed by atoms with Crippen molar-refractivity contribution in [3.63, 3.8) is 0 Å². The van der Waals surface area contributed by atoms with Crippen LogP contribution in [0, 0.1) is 11.3 Å². The van der Waals surface area contributed by atoms with E-state index in [0.717, 1.165) is 0 Å². The Bertz CT molecular complexity index is 769. The molecule has 1 aromatic carbocycles. The van der Waals surface area contributed by atoms with E-state index < -0.39 is 5.91 Å². The van der Waals surface area contributed by atoms with Crippen molar-refractivity contribution in [1.82, 2.24) is 4.98 Å². The number of pyridine rings is 1. The lowest BCUT2D eigenvalue weighted by Crippen LogP contribution is -2.15. The summed E-state index contributed by atoms with van der Waals surface area (Å²) in [6, 6.07) is 11.9. The van der Waals surface area contributed by atoms with Gasteiger partial charge in [-0.1, -0.05) is 17.7 Å². The molecule has 2 aromatic rings. The topological polar surface area (TPSA) is 87.0 Å². The van der Waals surface area contributed by atoms with E-state index in [2.05, 4.69) is 15.6 Å². The molecule has 0 aliphatic heterocycles. The summed E-state index contributed by atoms with van der Waals surface area (Å²) in [5.74, 6) is 0.377. The number of carbonyl (C=O) groups excluding carboxylic acids is 1. The van der Waals surface area contributed by atoms with Gasteiger partial charge >= 0.3 is 0 Å². The van der Waals surface area contributed by atoms with Crippen molar-refractivity contribution in [2.75, 3.05) is 17.7 Å². The lowest BCUT2D eigenvalue weighted by atomic mass is 10.2. The fraction of sp³-hybridized carbons (Fsp3) is 0.0625. The molecule has 0 fully saturated rings. The summed E-state index contributed by atoms with van der Waals surface area (Å²) in [6.45, 7) is 0. The number of hydrogen-bond donors (Lipinski definition) is 2. The van der Waals surface area contributed by atoms with Crippen molar-refractivity contribution in [2.24, 2.45) is 0 Å². The Kier molecular flexibility index (Phi) is 5.56.